The van der Waals surface area contributed by atoms with Gasteiger partial charge in [-0.1, -0.05) is 0 Å². The molecule has 0 spiro atoms. The van der Waals surface area contributed by atoms with Crippen molar-refractivity contribution >= 4 is 68.4 Å². The number of hydrogen-bond acceptors (Lipinski definition) is 0. The quantitative estimate of drug-likeness (QED) is 0.361. The number of rotatable bonds is 4. The van der Waals surface area contributed by atoms with E-state index in [1.165, 1.54) is 21.2 Å². The van der Waals surface area contributed by atoms with Crippen LogP contribution in [0.1, 0.15) is 0 Å². The normalized spacial score (nSPS) is 10.5. The molecule has 4 aromatic rings. The summed E-state index contributed by atoms with van der Waals surface area (Å²) in [7, 11) is 0. The van der Waals surface area contributed by atoms with E-state index in [1.807, 2.05) is 0 Å². The molecule has 28 heavy (non-hydrogen) atoms. The van der Waals surface area contributed by atoms with Crippen LogP contribution in [0.3, 0.4) is 0 Å². The standard InChI is InChI=1S/2C12H10P.2Li/c2*1-3-7-11(8-4-1)13-12-9-5-2-6-10-12;;/h2*1-10H;;/q2*-1;2*+1. The van der Waals surface area contributed by atoms with Gasteiger partial charge in [0.05, 0.1) is 0 Å². The van der Waals surface area contributed by atoms with Crippen molar-refractivity contribution in [2.75, 3.05) is 0 Å². The number of benzene rings is 4. The van der Waals surface area contributed by atoms with Crippen LogP contribution in [0, 0.1) is 0 Å². The summed E-state index contributed by atoms with van der Waals surface area (Å²) in [6.45, 7) is 0. The first kappa shape index (κ1) is 21.6. The minimum absolute atomic E-state index is 0.171. The second-order valence-electron chi connectivity index (χ2n) is 6.46. The van der Waals surface area contributed by atoms with Gasteiger partial charge in [-0.15, -0.1) is 0 Å². The fraction of sp³-hybridized carbons (Fsp3) is 0. The van der Waals surface area contributed by atoms with Crippen LogP contribution in [-0.4, -0.2) is 34.5 Å². The van der Waals surface area contributed by atoms with Crippen molar-refractivity contribution in [2.45, 2.75) is 0 Å². The summed E-state index contributed by atoms with van der Waals surface area (Å²) >= 11 is 4.61. The Balaban J connectivity index is 0.000000161. The third kappa shape index (κ3) is 6.48. The molecule has 0 amide bonds. The van der Waals surface area contributed by atoms with Gasteiger partial charge in [0.1, 0.15) is 0 Å². The van der Waals surface area contributed by atoms with Gasteiger partial charge >= 0.3 is 190 Å². The SMILES string of the molecule is [Li][P](c1ccccc1)c1ccccc1.[Li][P](c1ccccc1)c1ccccc1. The zero-order chi connectivity index (χ0) is 19.6. The van der Waals surface area contributed by atoms with Crippen molar-refractivity contribution in [3.05, 3.63) is 121 Å². The molecular weight excluding hydrogens is 364 g/mol. The molecule has 0 heterocycles. The van der Waals surface area contributed by atoms with Gasteiger partial charge < -0.3 is 0 Å². The summed E-state index contributed by atoms with van der Waals surface area (Å²) in [5.41, 5.74) is 0. The van der Waals surface area contributed by atoms with Crippen molar-refractivity contribution in [2.24, 2.45) is 0 Å². The molecule has 0 saturated heterocycles. The van der Waals surface area contributed by atoms with Crippen molar-refractivity contribution in [3.63, 3.8) is 0 Å². The molecule has 0 atom stereocenters. The summed E-state index contributed by atoms with van der Waals surface area (Å²) in [5, 5.41) is 5.75. The van der Waals surface area contributed by atoms with Gasteiger partial charge in [0.25, 0.3) is 0 Å². The van der Waals surface area contributed by atoms with Crippen LogP contribution in [0.15, 0.2) is 121 Å². The van der Waals surface area contributed by atoms with Gasteiger partial charge in [-0.05, 0) is 0 Å². The molecule has 0 nitrogen and oxygen atoms in total. The van der Waals surface area contributed by atoms with Crippen molar-refractivity contribution in [1.29, 1.82) is 0 Å². The Hall–Kier alpha value is -1.07. The van der Waals surface area contributed by atoms with E-state index in [0.717, 1.165) is 0 Å². The Kier molecular flexibility index (Phi) is 9.13. The minimum atomic E-state index is -0.171. The van der Waals surface area contributed by atoms with E-state index in [-0.39, 0.29) is 12.7 Å². The van der Waals surface area contributed by atoms with Gasteiger partial charge in [-0.2, -0.15) is 0 Å². The molecule has 0 bridgehead atoms. The first-order valence-electron chi connectivity index (χ1n) is 9.43. The van der Waals surface area contributed by atoms with Gasteiger partial charge in [-0.3, -0.25) is 0 Å². The monoisotopic (exact) mass is 384 g/mol. The summed E-state index contributed by atoms with van der Waals surface area (Å²) < 4.78 is 0. The zero-order valence-corrected chi connectivity index (χ0v) is 18.2. The van der Waals surface area contributed by atoms with Gasteiger partial charge in [0.2, 0.25) is 0 Å². The van der Waals surface area contributed by atoms with Crippen LogP contribution in [0.4, 0.5) is 0 Å². The van der Waals surface area contributed by atoms with Crippen molar-refractivity contribution in [3.8, 4) is 0 Å². The van der Waals surface area contributed by atoms with E-state index in [2.05, 4.69) is 156 Å². The van der Waals surface area contributed by atoms with Gasteiger partial charge in [0.15, 0.2) is 0 Å². The molecule has 4 rings (SSSR count). The summed E-state index contributed by atoms with van der Waals surface area (Å²) in [5.74, 6) is 0. The molecule has 0 saturated carbocycles. The molecule has 0 aliphatic rings. The fourth-order valence-corrected chi connectivity index (χ4v) is 5.98. The molecule has 4 heteroatoms. The Morgan fingerprint density at radius 2 is 0.500 bits per heavy atom. The summed E-state index contributed by atoms with van der Waals surface area (Å²) in [6.07, 6.45) is -0.342. The number of hydrogen-bond donors (Lipinski definition) is 0. The predicted molar refractivity (Wildman–Crippen MR) is 130 cm³/mol. The molecule has 128 valence electrons. The molecule has 0 unspecified atom stereocenters. The molecule has 0 radical (unpaired) electrons. The van der Waals surface area contributed by atoms with Crippen LogP contribution in [0.2, 0.25) is 0 Å². The fourth-order valence-electron chi connectivity index (χ4n) is 2.90. The molecule has 0 aliphatic heterocycles. The first-order chi connectivity index (χ1) is 13.8. The average molecular weight is 384 g/mol. The van der Waals surface area contributed by atoms with Gasteiger partial charge in [0, 0.05) is 0 Å². The van der Waals surface area contributed by atoms with Crippen LogP contribution in [-0.2, 0) is 0 Å². The second kappa shape index (κ2) is 11.8. The Labute approximate surface area is 188 Å². The molecule has 0 N–H and O–H groups in total. The van der Waals surface area contributed by atoms with Crippen LogP contribution in [0.25, 0.3) is 0 Å². The maximum atomic E-state index is 2.31. The van der Waals surface area contributed by atoms with E-state index in [4.69, 9.17) is 0 Å². The topological polar surface area (TPSA) is 0 Å². The Bertz CT molecular complexity index is 773. The summed E-state index contributed by atoms with van der Waals surface area (Å²) in [4.78, 5) is 0. The van der Waals surface area contributed by atoms with E-state index >= 15 is 0 Å². The first-order valence-corrected chi connectivity index (χ1v) is 13.0. The van der Waals surface area contributed by atoms with Crippen molar-refractivity contribution < 1.29 is 0 Å². The van der Waals surface area contributed by atoms with E-state index in [1.54, 1.807) is 0 Å². The van der Waals surface area contributed by atoms with Crippen LogP contribution < -0.4 is 21.2 Å². The third-order valence-corrected chi connectivity index (χ3v) is 8.86. The maximum absolute atomic E-state index is 2.31. The van der Waals surface area contributed by atoms with E-state index in [9.17, 15) is 0 Å². The average Bonchev–Trinajstić information content (AvgIpc) is 2.81. The van der Waals surface area contributed by atoms with E-state index < -0.39 is 0 Å². The molecular formula is C24H20Li2P2. The molecule has 0 fully saturated rings. The van der Waals surface area contributed by atoms with E-state index in [0.29, 0.717) is 0 Å². The zero-order valence-electron chi connectivity index (χ0n) is 16.4. The predicted octanol–water partition coefficient (Wildman–Crippen LogP) is 4.41. The Morgan fingerprint density at radius 1 is 0.321 bits per heavy atom. The molecule has 0 aromatic heterocycles. The third-order valence-electron chi connectivity index (χ3n) is 4.57. The summed E-state index contributed by atoms with van der Waals surface area (Å²) in [6, 6.07) is 42.8. The van der Waals surface area contributed by atoms with Gasteiger partial charge in [-0.25, -0.2) is 0 Å². The van der Waals surface area contributed by atoms with Crippen LogP contribution >= 0.6 is 12.7 Å². The molecule has 4 aromatic carbocycles. The second-order valence-corrected chi connectivity index (χ2v) is 10.8. The van der Waals surface area contributed by atoms with Crippen molar-refractivity contribution in [1.82, 2.24) is 0 Å². The molecule has 0 aliphatic carbocycles. The van der Waals surface area contributed by atoms with Crippen LogP contribution in [0.5, 0.6) is 0 Å². The Morgan fingerprint density at radius 3 is 0.679 bits per heavy atom.